The summed E-state index contributed by atoms with van der Waals surface area (Å²) in [4.78, 5) is 2.57. The van der Waals surface area contributed by atoms with E-state index in [2.05, 4.69) is 48.1 Å². The number of hydrogen-bond donors (Lipinski definition) is 2. The molecular weight excluding hydrogens is 408 g/mol. The number of rotatable bonds is 3. The zero-order valence-corrected chi connectivity index (χ0v) is 16.0. The molecule has 2 N–H and O–H groups in total. The average Bonchev–Trinajstić information content (AvgIpc) is 2.54. The topological polar surface area (TPSA) is 35.5 Å². The number of phenols is 1. The first-order valence-electron chi connectivity index (χ1n) is 8.29. The third kappa shape index (κ3) is 3.69. The van der Waals surface area contributed by atoms with Crippen LogP contribution in [0.15, 0.2) is 21.1 Å². The minimum atomic E-state index is 0.330. The number of benzene rings is 1. The van der Waals surface area contributed by atoms with Crippen molar-refractivity contribution in [3.05, 3.63) is 26.6 Å². The Balaban J connectivity index is 1.96. The second-order valence-electron chi connectivity index (χ2n) is 6.45. The van der Waals surface area contributed by atoms with Gasteiger partial charge in [0.05, 0.1) is 4.47 Å². The molecule has 1 heterocycles. The smallest absolute Gasteiger partial charge is 0.134 e. The van der Waals surface area contributed by atoms with Gasteiger partial charge in [-0.2, -0.15) is 0 Å². The monoisotopic (exact) mass is 430 g/mol. The third-order valence-corrected chi connectivity index (χ3v) is 6.08. The van der Waals surface area contributed by atoms with Crippen molar-refractivity contribution in [3.63, 3.8) is 0 Å². The largest absolute Gasteiger partial charge is 0.506 e. The van der Waals surface area contributed by atoms with E-state index in [1.165, 1.54) is 32.1 Å². The fourth-order valence-corrected chi connectivity index (χ4v) is 5.23. The lowest BCUT2D eigenvalue weighted by Crippen LogP contribution is -2.47. The fourth-order valence-electron chi connectivity index (χ4n) is 3.97. The Bertz CT molecular complexity index is 494. The minimum Gasteiger partial charge on any atom is -0.506 e. The molecule has 5 heteroatoms. The van der Waals surface area contributed by atoms with E-state index >= 15 is 0 Å². The Morgan fingerprint density at radius 3 is 2.45 bits per heavy atom. The molecule has 1 aromatic rings. The predicted octanol–water partition coefficient (Wildman–Crippen LogP) is 4.44. The normalized spacial score (nSPS) is 22.6. The Morgan fingerprint density at radius 2 is 1.77 bits per heavy atom. The summed E-state index contributed by atoms with van der Waals surface area (Å²) in [6, 6.07) is 4.37. The number of phenolic OH excluding ortho intramolecular Hbond substituents is 1. The SMILES string of the molecule is Oc1c(Br)cc(Br)cc1[C@@H](C1CCCCC1)N1CCNCC1. The van der Waals surface area contributed by atoms with E-state index in [9.17, 15) is 5.11 Å². The van der Waals surface area contributed by atoms with Gasteiger partial charge in [-0.15, -0.1) is 0 Å². The number of piperazine rings is 1. The zero-order valence-electron chi connectivity index (χ0n) is 12.8. The average molecular weight is 432 g/mol. The summed E-state index contributed by atoms with van der Waals surface area (Å²) in [6.07, 6.45) is 6.56. The number of nitrogens with one attached hydrogen (secondary N) is 1. The van der Waals surface area contributed by atoms with E-state index in [0.717, 1.165) is 40.7 Å². The molecule has 22 heavy (non-hydrogen) atoms. The van der Waals surface area contributed by atoms with Gasteiger partial charge in [-0.05, 0) is 46.8 Å². The molecule has 122 valence electrons. The molecule has 1 saturated heterocycles. The van der Waals surface area contributed by atoms with Crippen molar-refractivity contribution in [3.8, 4) is 5.75 Å². The highest BCUT2D eigenvalue weighted by molar-refractivity contribution is 9.11. The third-order valence-electron chi connectivity index (χ3n) is 5.02. The quantitative estimate of drug-likeness (QED) is 0.742. The van der Waals surface area contributed by atoms with Crippen molar-refractivity contribution in [1.29, 1.82) is 0 Å². The van der Waals surface area contributed by atoms with Gasteiger partial charge in [0.1, 0.15) is 5.75 Å². The van der Waals surface area contributed by atoms with Crippen LogP contribution in [0.25, 0.3) is 0 Å². The standard InChI is InChI=1S/C17H24Br2N2O/c18-13-10-14(17(22)15(19)11-13)16(12-4-2-1-3-5-12)21-8-6-20-7-9-21/h10-12,16,20,22H,1-9H2/t16-/m1/s1. The van der Waals surface area contributed by atoms with Gasteiger partial charge in [0.25, 0.3) is 0 Å². The molecule has 0 unspecified atom stereocenters. The lowest BCUT2D eigenvalue weighted by molar-refractivity contribution is 0.101. The number of nitrogens with zero attached hydrogens (tertiary/aromatic N) is 1. The molecule has 2 fully saturated rings. The number of aromatic hydroxyl groups is 1. The highest BCUT2D eigenvalue weighted by Gasteiger charge is 2.33. The lowest BCUT2D eigenvalue weighted by Gasteiger charge is -2.41. The molecule has 1 saturated carbocycles. The summed E-state index contributed by atoms with van der Waals surface area (Å²) in [5.41, 5.74) is 1.08. The maximum absolute atomic E-state index is 10.6. The van der Waals surface area contributed by atoms with Crippen molar-refractivity contribution >= 4 is 31.9 Å². The van der Waals surface area contributed by atoms with E-state index in [4.69, 9.17) is 0 Å². The lowest BCUT2D eigenvalue weighted by atomic mass is 9.80. The van der Waals surface area contributed by atoms with Crippen LogP contribution < -0.4 is 5.32 Å². The molecule has 0 radical (unpaired) electrons. The molecule has 1 aliphatic carbocycles. The Labute approximate surface area is 149 Å². The van der Waals surface area contributed by atoms with Gasteiger partial charge in [0.2, 0.25) is 0 Å². The van der Waals surface area contributed by atoms with Gasteiger partial charge in [-0.3, -0.25) is 4.90 Å². The molecule has 1 atom stereocenters. The summed E-state index contributed by atoms with van der Waals surface area (Å²) < 4.78 is 1.82. The number of hydrogen-bond acceptors (Lipinski definition) is 3. The van der Waals surface area contributed by atoms with Crippen LogP contribution in [-0.4, -0.2) is 36.2 Å². The molecule has 0 bridgehead atoms. The first kappa shape index (κ1) is 16.7. The van der Waals surface area contributed by atoms with Crippen molar-refractivity contribution in [2.45, 2.75) is 38.1 Å². The van der Waals surface area contributed by atoms with Crippen molar-refractivity contribution in [1.82, 2.24) is 10.2 Å². The van der Waals surface area contributed by atoms with Gasteiger partial charge >= 0.3 is 0 Å². The second kappa shape index (κ2) is 7.65. The van der Waals surface area contributed by atoms with Crippen LogP contribution in [0.3, 0.4) is 0 Å². The predicted molar refractivity (Wildman–Crippen MR) is 97.3 cm³/mol. The van der Waals surface area contributed by atoms with Crippen LogP contribution in [0.1, 0.15) is 43.7 Å². The van der Waals surface area contributed by atoms with Crippen LogP contribution in [0.4, 0.5) is 0 Å². The zero-order chi connectivity index (χ0) is 15.5. The van der Waals surface area contributed by atoms with E-state index in [1.54, 1.807) is 0 Å². The summed E-state index contributed by atoms with van der Waals surface area (Å²) in [6.45, 7) is 4.20. The second-order valence-corrected chi connectivity index (χ2v) is 8.22. The van der Waals surface area contributed by atoms with Crippen molar-refractivity contribution < 1.29 is 5.11 Å². The summed E-state index contributed by atoms with van der Waals surface area (Å²) in [7, 11) is 0. The number of halogens is 2. The van der Waals surface area contributed by atoms with E-state index in [0.29, 0.717) is 17.7 Å². The molecule has 0 aromatic heterocycles. The molecular formula is C17H24Br2N2O. The van der Waals surface area contributed by atoms with Gasteiger partial charge in [-0.1, -0.05) is 35.2 Å². The summed E-state index contributed by atoms with van der Waals surface area (Å²) in [5.74, 6) is 1.07. The van der Waals surface area contributed by atoms with E-state index < -0.39 is 0 Å². The molecule has 3 rings (SSSR count). The fraction of sp³-hybridized carbons (Fsp3) is 0.647. The van der Waals surface area contributed by atoms with Crippen molar-refractivity contribution in [2.24, 2.45) is 5.92 Å². The van der Waals surface area contributed by atoms with Gasteiger partial charge < -0.3 is 10.4 Å². The van der Waals surface area contributed by atoms with Crippen LogP contribution in [0, 0.1) is 5.92 Å². The van der Waals surface area contributed by atoms with Gasteiger partial charge in [0, 0.05) is 42.3 Å². The Morgan fingerprint density at radius 1 is 1.09 bits per heavy atom. The van der Waals surface area contributed by atoms with Crippen LogP contribution in [0.2, 0.25) is 0 Å². The Kier molecular flexibility index (Phi) is 5.82. The van der Waals surface area contributed by atoms with Gasteiger partial charge in [-0.25, -0.2) is 0 Å². The Hall–Kier alpha value is -0.100. The minimum absolute atomic E-state index is 0.330. The molecule has 1 aliphatic heterocycles. The van der Waals surface area contributed by atoms with Crippen LogP contribution >= 0.6 is 31.9 Å². The van der Waals surface area contributed by atoms with E-state index in [-0.39, 0.29) is 0 Å². The molecule has 3 nitrogen and oxygen atoms in total. The molecule has 0 spiro atoms. The highest BCUT2D eigenvalue weighted by atomic mass is 79.9. The molecule has 2 aliphatic rings. The van der Waals surface area contributed by atoms with E-state index in [1.807, 2.05) is 6.07 Å². The van der Waals surface area contributed by atoms with Crippen LogP contribution in [0.5, 0.6) is 5.75 Å². The maximum Gasteiger partial charge on any atom is 0.134 e. The maximum atomic E-state index is 10.6. The van der Waals surface area contributed by atoms with Crippen LogP contribution in [-0.2, 0) is 0 Å². The highest BCUT2D eigenvalue weighted by Crippen LogP contribution is 2.44. The first-order chi connectivity index (χ1) is 10.7. The van der Waals surface area contributed by atoms with Crippen molar-refractivity contribution in [2.75, 3.05) is 26.2 Å². The first-order valence-corrected chi connectivity index (χ1v) is 9.88. The molecule has 0 amide bonds. The van der Waals surface area contributed by atoms with Gasteiger partial charge in [0.15, 0.2) is 0 Å². The summed E-state index contributed by atoms with van der Waals surface area (Å²) >= 11 is 7.09. The summed E-state index contributed by atoms with van der Waals surface area (Å²) in [5, 5.41) is 14.1. The molecule has 1 aromatic carbocycles.